The smallest absolute Gasteiger partial charge is 0.339 e. The van der Waals surface area contributed by atoms with Crippen molar-refractivity contribution in [3.8, 4) is 5.75 Å². The van der Waals surface area contributed by atoms with E-state index in [0.29, 0.717) is 18.3 Å². The lowest BCUT2D eigenvalue weighted by molar-refractivity contribution is 0.0692. The van der Waals surface area contributed by atoms with Crippen molar-refractivity contribution < 1.29 is 14.6 Å². The zero-order valence-electron chi connectivity index (χ0n) is 11.7. The van der Waals surface area contributed by atoms with Crippen molar-refractivity contribution in [1.82, 2.24) is 0 Å². The lowest BCUT2D eigenvalue weighted by Gasteiger charge is -2.14. The summed E-state index contributed by atoms with van der Waals surface area (Å²) in [6.07, 6.45) is 0. The van der Waals surface area contributed by atoms with Crippen LogP contribution in [-0.2, 0) is 0 Å². The van der Waals surface area contributed by atoms with Crippen molar-refractivity contribution >= 4 is 17.7 Å². The van der Waals surface area contributed by atoms with E-state index in [2.05, 4.69) is 12.1 Å². The standard InChI is InChI=1S/C17H16O3S/c1-11-6-7-15(14(8-11)17(18)19)20-9-12-10-21-16-5-3-2-4-13(12)16/h2-8,12H,9-10H2,1H3,(H,18,19). The van der Waals surface area contributed by atoms with E-state index in [1.807, 2.05) is 36.9 Å². The highest BCUT2D eigenvalue weighted by Gasteiger charge is 2.24. The molecule has 0 spiro atoms. The average molecular weight is 300 g/mol. The molecule has 108 valence electrons. The van der Waals surface area contributed by atoms with E-state index in [1.54, 1.807) is 12.1 Å². The average Bonchev–Trinajstić information content (AvgIpc) is 2.89. The van der Waals surface area contributed by atoms with Crippen LogP contribution in [0.4, 0.5) is 0 Å². The monoisotopic (exact) mass is 300 g/mol. The lowest BCUT2D eigenvalue weighted by atomic mass is 10.0. The van der Waals surface area contributed by atoms with Crippen LogP contribution in [0.25, 0.3) is 0 Å². The van der Waals surface area contributed by atoms with Gasteiger partial charge in [0.2, 0.25) is 0 Å². The third kappa shape index (κ3) is 2.90. The number of thioether (sulfide) groups is 1. The number of carboxylic acid groups (broad SMARTS) is 1. The van der Waals surface area contributed by atoms with Gasteiger partial charge in [0.15, 0.2) is 0 Å². The molecule has 1 heterocycles. The first-order chi connectivity index (χ1) is 10.1. The molecular weight excluding hydrogens is 284 g/mol. The number of benzene rings is 2. The van der Waals surface area contributed by atoms with Gasteiger partial charge in [-0.15, -0.1) is 11.8 Å². The summed E-state index contributed by atoms with van der Waals surface area (Å²) < 4.78 is 5.80. The molecular formula is C17H16O3S. The summed E-state index contributed by atoms with van der Waals surface area (Å²) in [5, 5.41) is 9.26. The Bertz CT molecular complexity index is 681. The van der Waals surface area contributed by atoms with Gasteiger partial charge < -0.3 is 9.84 Å². The summed E-state index contributed by atoms with van der Waals surface area (Å²) in [6.45, 7) is 2.38. The maximum atomic E-state index is 11.3. The van der Waals surface area contributed by atoms with Crippen molar-refractivity contribution in [1.29, 1.82) is 0 Å². The first kappa shape index (κ1) is 14.0. The van der Waals surface area contributed by atoms with Crippen LogP contribution >= 0.6 is 11.8 Å². The summed E-state index contributed by atoms with van der Waals surface area (Å²) in [7, 11) is 0. The van der Waals surface area contributed by atoms with E-state index < -0.39 is 5.97 Å². The maximum absolute atomic E-state index is 11.3. The van der Waals surface area contributed by atoms with Gasteiger partial charge in [-0.2, -0.15) is 0 Å². The Hall–Kier alpha value is -1.94. The molecule has 21 heavy (non-hydrogen) atoms. The van der Waals surface area contributed by atoms with Crippen LogP contribution in [0.2, 0.25) is 0 Å². The molecule has 0 fully saturated rings. The molecule has 4 heteroatoms. The molecule has 0 aromatic heterocycles. The Kier molecular flexibility index (Phi) is 3.88. The predicted octanol–water partition coefficient (Wildman–Crippen LogP) is 3.96. The highest BCUT2D eigenvalue weighted by Crippen LogP contribution is 2.39. The number of aryl methyl sites for hydroxylation is 1. The second kappa shape index (κ2) is 5.82. The van der Waals surface area contributed by atoms with Crippen molar-refractivity contribution in [3.05, 3.63) is 59.2 Å². The summed E-state index contributed by atoms with van der Waals surface area (Å²) in [4.78, 5) is 12.6. The Morgan fingerprint density at radius 1 is 1.33 bits per heavy atom. The highest BCUT2D eigenvalue weighted by atomic mass is 32.2. The third-order valence-corrected chi connectivity index (χ3v) is 4.86. The Morgan fingerprint density at radius 3 is 2.95 bits per heavy atom. The van der Waals surface area contributed by atoms with Gasteiger partial charge in [0.1, 0.15) is 11.3 Å². The van der Waals surface area contributed by atoms with Gasteiger partial charge in [0, 0.05) is 16.6 Å². The zero-order valence-corrected chi connectivity index (χ0v) is 12.5. The quantitative estimate of drug-likeness (QED) is 0.928. The molecule has 2 aromatic rings. The molecule has 1 atom stereocenters. The number of fused-ring (bicyclic) bond motifs is 1. The molecule has 1 aliphatic heterocycles. The fourth-order valence-electron chi connectivity index (χ4n) is 2.49. The van der Waals surface area contributed by atoms with Gasteiger partial charge in [0.05, 0.1) is 6.61 Å². The molecule has 0 saturated heterocycles. The fraction of sp³-hybridized carbons (Fsp3) is 0.235. The largest absolute Gasteiger partial charge is 0.492 e. The molecule has 0 bridgehead atoms. The SMILES string of the molecule is Cc1ccc(OCC2CSc3ccccc32)c(C(=O)O)c1. The van der Waals surface area contributed by atoms with Crippen molar-refractivity contribution in [2.24, 2.45) is 0 Å². The van der Waals surface area contributed by atoms with E-state index in [-0.39, 0.29) is 5.56 Å². The zero-order chi connectivity index (χ0) is 14.8. The first-order valence-electron chi connectivity index (χ1n) is 6.83. The number of aromatic carboxylic acids is 1. The van der Waals surface area contributed by atoms with E-state index in [1.165, 1.54) is 10.5 Å². The summed E-state index contributed by atoms with van der Waals surface area (Å²) in [6, 6.07) is 13.6. The normalized spacial score (nSPS) is 16.5. The van der Waals surface area contributed by atoms with Crippen LogP contribution in [0.3, 0.4) is 0 Å². The van der Waals surface area contributed by atoms with Gasteiger partial charge in [-0.1, -0.05) is 29.8 Å². The Morgan fingerprint density at radius 2 is 2.14 bits per heavy atom. The van der Waals surface area contributed by atoms with Crippen LogP contribution in [0.5, 0.6) is 5.75 Å². The van der Waals surface area contributed by atoms with Gasteiger partial charge in [-0.25, -0.2) is 4.79 Å². The van der Waals surface area contributed by atoms with Gasteiger partial charge in [-0.05, 0) is 30.7 Å². The predicted molar refractivity (Wildman–Crippen MR) is 83.5 cm³/mol. The number of carbonyl (C=O) groups is 1. The molecule has 0 aliphatic carbocycles. The van der Waals surface area contributed by atoms with Crippen LogP contribution in [0.1, 0.15) is 27.4 Å². The second-order valence-electron chi connectivity index (χ2n) is 5.16. The van der Waals surface area contributed by atoms with Crippen molar-refractivity contribution in [2.75, 3.05) is 12.4 Å². The van der Waals surface area contributed by atoms with Crippen molar-refractivity contribution in [2.45, 2.75) is 17.7 Å². The van der Waals surface area contributed by atoms with E-state index in [4.69, 9.17) is 4.74 Å². The summed E-state index contributed by atoms with van der Waals surface area (Å²) >= 11 is 1.83. The fourth-order valence-corrected chi connectivity index (χ4v) is 3.73. The van der Waals surface area contributed by atoms with Crippen LogP contribution in [-0.4, -0.2) is 23.4 Å². The minimum absolute atomic E-state index is 0.230. The van der Waals surface area contributed by atoms with Gasteiger partial charge >= 0.3 is 5.97 Å². The van der Waals surface area contributed by atoms with Crippen LogP contribution in [0, 0.1) is 6.92 Å². The molecule has 3 rings (SSSR count). The second-order valence-corrected chi connectivity index (χ2v) is 6.22. The number of rotatable bonds is 4. The Balaban J connectivity index is 1.76. The van der Waals surface area contributed by atoms with Crippen LogP contribution < -0.4 is 4.74 Å². The first-order valence-corrected chi connectivity index (χ1v) is 7.82. The van der Waals surface area contributed by atoms with Gasteiger partial charge in [0.25, 0.3) is 0 Å². The summed E-state index contributed by atoms with van der Waals surface area (Å²) in [5.74, 6) is 0.791. The number of ether oxygens (including phenoxy) is 1. The molecule has 0 amide bonds. The van der Waals surface area contributed by atoms with Crippen molar-refractivity contribution in [3.63, 3.8) is 0 Å². The highest BCUT2D eigenvalue weighted by molar-refractivity contribution is 7.99. The summed E-state index contributed by atoms with van der Waals surface area (Å²) in [5.41, 5.74) is 2.45. The molecule has 3 nitrogen and oxygen atoms in total. The lowest BCUT2D eigenvalue weighted by Crippen LogP contribution is -2.12. The number of carboxylic acids is 1. The van der Waals surface area contributed by atoms with E-state index >= 15 is 0 Å². The molecule has 1 N–H and O–H groups in total. The van der Waals surface area contributed by atoms with Gasteiger partial charge in [-0.3, -0.25) is 0 Å². The molecule has 1 unspecified atom stereocenters. The molecule has 0 saturated carbocycles. The Labute approximate surface area is 127 Å². The molecule has 1 aliphatic rings. The third-order valence-electron chi connectivity index (χ3n) is 3.60. The molecule has 0 radical (unpaired) electrons. The minimum atomic E-state index is -0.949. The minimum Gasteiger partial charge on any atom is -0.492 e. The molecule has 2 aromatic carbocycles. The number of hydrogen-bond donors (Lipinski definition) is 1. The van der Waals surface area contributed by atoms with E-state index in [0.717, 1.165) is 11.3 Å². The topological polar surface area (TPSA) is 46.5 Å². The van der Waals surface area contributed by atoms with Crippen LogP contribution in [0.15, 0.2) is 47.4 Å². The van der Waals surface area contributed by atoms with E-state index in [9.17, 15) is 9.90 Å². The maximum Gasteiger partial charge on any atom is 0.339 e. The number of hydrogen-bond acceptors (Lipinski definition) is 3.